The summed E-state index contributed by atoms with van der Waals surface area (Å²) in [6, 6.07) is 0. The van der Waals surface area contributed by atoms with Crippen LogP contribution < -0.4 is 0 Å². The second-order valence-corrected chi connectivity index (χ2v) is 3.43. The molecule has 52 valence electrons. The van der Waals surface area contributed by atoms with Gasteiger partial charge in [0.1, 0.15) is 0 Å². The molecule has 1 aliphatic carbocycles. The van der Waals surface area contributed by atoms with Crippen LogP contribution in [0.3, 0.4) is 0 Å². The average Bonchev–Trinajstić information content (AvgIpc) is 1.86. The lowest BCUT2D eigenvalue weighted by atomic mass is 9.69. The number of fused-ring (bicyclic) bond motifs is 1. The molecule has 1 saturated heterocycles. The molecule has 1 nitrogen and oxygen atoms in total. The van der Waals surface area contributed by atoms with Crippen LogP contribution in [0.2, 0.25) is 0 Å². The van der Waals surface area contributed by atoms with E-state index in [4.69, 9.17) is 4.74 Å². The highest BCUT2D eigenvalue weighted by atomic mass is 16.5. The Hall–Kier alpha value is -0.0400. The van der Waals surface area contributed by atoms with Crippen molar-refractivity contribution in [1.82, 2.24) is 0 Å². The highest BCUT2D eigenvalue weighted by molar-refractivity contribution is 4.89. The Kier molecular flexibility index (Phi) is 1.26. The van der Waals surface area contributed by atoms with E-state index in [2.05, 4.69) is 6.92 Å². The zero-order valence-corrected chi connectivity index (χ0v) is 5.97. The lowest BCUT2D eigenvalue weighted by molar-refractivity contribution is -0.115. The van der Waals surface area contributed by atoms with Crippen LogP contribution in [0, 0.1) is 11.8 Å². The quantitative estimate of drug-likeness (QED) is 0.481. The van der Waals surface area contributed by atoms with E-state index in [0.29, 0.717) is 6.10 Å². The van der Waals surface area contributed by atoms with Gasteiger partial charge in [0.15, 0.2) is 0 Å². The normalized spacial score (nSPS) is 49.7. The first-order valence-corrected chi connectivity index (χ1v) is 3.99. The largest absolute Gasteiger partial charge is 0.378 e. The van der Waals surface area contributed by atoms with Crippen molar-refractivity contribution >= 4 is 0 Å². The molecule has 1 heteroatoms. The van der Waals surface area contributed by atoms with Crippen LogP contribution in [0.4, 0.5) is 0 Å². The minimum Gasteiger partial charge on any atom is -0.378 e. The molecule has 0 bridgehead atoms. The molecule has 1 saturated carbocycles. The molecule has 0 amide bonds. The summed E-state index contributed by atoms with van der Waals surface area (Å²) in [5.74, 6) is 1.88. The third kappa shape index (κ3) is 0.787. The molecule has 0 unspecified atom stereocenters. The van der Waals surface area contributed by atoms with Crippen molar-refractivity contribution in [3.8, 4) is 0 Å². The average molecular weight is 126 g/mol. The summed E-state index contributed by atoms with van der Waals surface area (Å²) in [5, 5.41) is 0. The highest BCUT2D eigenvalue weighted by Crippen LogP contribution is 2.42. The number of ether oxygens (including phenoxy) is 1. The van der Waals surface area contributed by atoms with Gasteiger partial charge in [0, 0.05) is 6.61 Å². The maximum Gasteiger partial charge on any atom is 0.0608 e. The van der Waals surface area contributed by atoms with Crippen LogP contribution in [-0.2, 0) is 4.74 Å². The Bertz CT molecular complexity index is 109. The van der Waals surface area contributed by atoms with E-state index >= 15 is 0 Å². The number of rotatable bonds is 0. The van der Waals surface area contributed by atoms with Crippen molar-refractivity contribution in [2.75, 3.05) is 6.61 Å². The van der Waals surface area contributed by atoms with Crippen LogP contribution in [-0.4, -0.2) is 12.7 Å². The Morgan fingerprint density at radius 1 is 1.44 bits per heavy atom. The molecule has 2 aliphatic rings. The lowest BCUT2D eigenvalue weighted by Gasteiger charge is -2.45. The van der Waals surface area contributed by atoms with Gasteiger partial charge in [-0.3, -0.25) is 0 Å². The second-order valence-electron chi connectivity index (χ2n) is 3.43. The summed E-state index contributed by atoms with van der Waals surface area (Å²) in [7, 11) is 0. The van der Waals surface area contributed by atoms with E-state index in [1.165, 1.54) is 19.3 Å². The van der Waals surface area contributed by atoms with Gasteiger partial charge in [-0.15, -0.1) is 0 Å². The fourth-order valence-corrected chi connectivity index (χ4v) is 2.10. The van der Waals surface area contributed by atoms with Crippen LogP contribution in [0.25, 0.3) is 0 Å². The summed E-state index contributed by atoms with van der Waals surface area (Å²) in [4.78, 5) is 0. The van der Waals surface area contributed by atoms with Crippen molar-refractivity contribution in [3.05, 3.63) is 0 Å². The van der Waals surface area contributed by atoms with Crippen molar-refractivity contribution in [2.24, 2.45) is 11.8 Å². The Labute approximate surface area is 56.4 Å². The zero-order valence-electron chi connectivity index (χ0n) is 5.97. The molecule has 9 heavy (non-hydrogen) atoms. The molecule has 0 N–H and O–H groups in total. The van der Waals surface area contributed by atoms with Gasteiger partial charge in [-0.05, 0) is 31.1 Å². The maximum absolute atomic E-state index is 5.55. The standard InChI is InChI=1S/C8H14O/c1-6-5-8-7(6)3-2-4-9-8/h6-8H,2-5H2,1H3/t6-,7-,8+/m0/s1. The number of hydrogen-bond donors (Lipinski definition) is 0. The summed E-state index contributed by atoms with van der Waals surface area (Å²) < 4.78 is 5.55. The van der Waals surface area contributed by atoms with Gasteiger partial charge in [-0.25, -0.2) is 0 Å². The molecule has 0 spiro atoms. The zero-order chi connectivity index (χ0) is 6.27. The summed E-state index contributed by atoms with van der Waals surface area (Å²) in [6.45, 7) is 3.36. The van der Waals surface area contributed by atoms with E-state index in [-0.39, 0.29) is 0 Å². The van der Waals surface area contributed by atoms with E-state index in [1.807, 2.05) is 0 Å². The predicted molar refractivity (Wildman–Crippen MR) is 36.2 cm³/mol. The smallest absolute Gasteiger partial charge is 0.0608 e. The molecular formula is C8H14O. The minimum atomic E-state index is 0.661. The minimum absolute atomic E-state index is 0.661. The Balaban J connectivity index is 1.94. The van der Waals surface area contributed by atoms with Gasteiger partial charge in [0.2, 0.25) is 0 Å². The third-order valence-corrected chi connectivity index (χ3v) is 2.83. The summed E-state index contributed by atoms with van der Waals surface area (Å²) >= 11 is 0. The SMILES string of the molecule is C[C@H]1C[C@H]2OCCC[C@@H]12. The van der Waals surface area contributed by atoms with E-state index in [1.54, 1.807) is 0 Å². The van der Waals surface area contributed by atoms with Gasteiger partial charge < -0.3 is 4.74 Å². The molecule has 0 aromatic rings. The number of hydrogen-bond acceptors (Lipinski definition) is 1. The summed E-state index contributed by atoms with van der Waals surface area (Å²) in [5.41, 5.74) is 0. The molecule has 0 aromatic heterocycles. The van der Waals surface area contributed by atoms with Crippen molar-refractivity contribution in [2.45, 2.75) is 32.3 Å². The van der Waals surface area contributed by atoms with E-state index < -0.39 is 0 Å². The van der Waals surface area contributed by atoms with Crippen molar-refractivity contribution < 1.29 is 4.74 Å². The molecule has 0 radical (unpaired) electrons. The second kappa shape index (κ2) is 1.98. The first-order chi connectivity index (χ1) is 4.38. The molecule has 0 aromatic carbocycles. The van der Waals surface area contributed by atoms with E-state index in [9.17, 15) is 0 Å². The van der Waals surface area contributed by atoms with Gasteiger partial charge in [-0.1, -0.05) is 6.92 Å². The molecule has 1 heterocycles. The van der Waals surface area contributed by atoms with E-state index in [0.717, 1.165) is 18.4 Å². The first-order valence-electron chi connectivity index (χ1n) is 3.99. The topological polar surface area (TPSA) is 9.23 Å². The first kappa shape index (κ1) is 5.72. The fourth-order valence-electron chi connectivity index (χ4n) is 2.10. The van der Waals surface area contributed by atoms with Gasteiger partial charge in [0.25, 0.3) is 0 Å². The molecule has 1 aliphatic heterocycles. The lowest BCUT2D eigenvalue weighted by Crippen LogP contribution is -2.44. The van der Waals surface area contributed by atoms with Crippen LogP contribution in [0.15, 0.2) is 0 Å². The molecule has 2 rings (SSSR count). The Morgan fingerprint density at radius 2 is 2.33 bits per heavy atom. The predicted octanol–water partition coefficient (Wildman–Crippen LogP) is 1.82. The third-order valence-electron chi connectivity index (χ3n) is 2.83. The van der Waals surface area contributed by atoms with Gasteiger partial charge in [0.05, 0.1) is 6.10 Å². The highest BCUT2D eigenvalue weighted by Gasteiger charge is 2.40. The van der Waals surface area contributed by atoms with Gasteiger partial charge in [-0.2, -0.15) is 0 Å². The Morgan fingerprint density at radius 3 is 2.89 bits per heavy atom. The van der Waals surface area contributed by atoms with Crippen molar-refractivity contribution in [3.63, 3.8) is 0 Å². The molecule has 3 atom stereocenters. The maximum atomic E-state index is 5.55. The van der Waals surface area contributed by atoms with Gasteiger partial charge >= 0.3 is 0 Å². The fraction of sp³-hybridized carbons (Fsp3) is 1.00. The monoisotopic (exact) mass is 126 g/mol. The van der Waals surface area contributed by atoms with Crippen molar-refractivity contribution in [1.29, 1.82) is 0 Å². The van der Waals surface area contributed by atoms with Crippen LogP contribution in [0.5, 0.6) is 0 Å². The molecular weight excluding hydrogens is 112 g/mol. The van der Waals surface area contributed by atoms with Crippen LogP contribution >= 0.6 is 0 Å². The van der Waals surface area contributed by atoms with Crippen LogP contribution in [0.1, 0.15) is 26.2 Å². The summed E-state index contributed by atoms with van der Waals surface area (Å²) in [6.07, 6.45) is 4.70. The molecule has 2 fully saturated rings.